The second kappa shape index (κ2) is 4.99. The lowest BCUT2D eigenvalue weighted by Crippen LogP contribution is -2.08. The van der Waals surface area contributed by atoms with Crippen LogP contribution in [-0.2, 0) is 11.6 Å². The summed E-state index contributed by atoms with van der Waals surface area (Å²) in [5.41, 5.74) is 0.969. The maximum atomic E-state index is 5.64. The number of nitrogens with zero attached hydrogens (tertiary/aromatic N) is 2. The van der Waals surface area contributed by atoms with Crippen molar-refractivity contribution in [3.8, 4) is 0 Å². The number of aromatic nitrogens is 2. The van der Waals surface area contributed by atoms with Gasteiger partial charge in [-0.15, -0.1) is 23.4 Å². The molecule has 0 aliphatic heterocycles. The molecule has 0 aliphatic rings. The van der Waals surface area contributed by atoms with Crippen LogP contribution in [-0.4, -0.2) is 14.7 Å². The monoisotopic (exact) mass is 230 g/mol. The summed E-state index contributed by atoms with van der Waals surface area (Å²) in [7, 11) is 0. The van der Waals surface area contributed by atoms with E-state index in [9.17, 15) is 0 Å². The highest BCUT2D eigenvalue weighted by atomic mass is 35.5. The number of halogens is 1. The van der Waals surface area contributed by atoms with Crippen molar-refractivity contribution >= 4 is 23.4 Å². The summed E-state index contributed by atoms with van der Waals surface area (Å²) in [6.07, 6.45) is 3.58. The van der Waals surface area contributed by atoms with Gasteiger partial charge in [-0.3, -0.25) is 0 Å². The molecule has 0 N–H and O–H groups in total. The molecule has 1 rings (SSSR count). The lowest BCUT2D eigenvalue weighted by Gasteiger charge is -2.16. The fourth-order valence-corrected chi connectivity index (χ4v) is 1.66. The summed E-state index contributed by atoms with van der Waals surface area (Å²) in [6, 6.07) is 0. The van der Waals surface area contributed by atoms with Crippen LogP contribution in [0.1, 0.15) is 32.2 Å². The molecule has 78 valence electrons. The van der Waals surface area contributed by atoms with Gasteiger partial charge in [0.2, 0.25) is 0 Å². The van der Waals surface area contributed by atoms with E-state index >= 15 is 0 Å². The van der Waals surface area contributed by atoms with Gasteiger partial charge in [0.25, 0.3) is 0 Å². The molecule has 0 unspecified atom stereocenters. The molecule has 14 heavy (non-hydrogen) atoms. The smallest absolute Gasteiger partial charge is 0.138 e. The van der Waals surface area contributed by atoms with E-state index in [1.165, 1.54) is 0 Å². The highest BCUT2D eigenvalue weighted by molar-refractivity contribution is 7.99. The third-order valence-corrected chi connectivity index (χ3v) is 3.12. The average molecular weight is 231 g/mol. The van der Waals surface area contributed by atoms with Gasteiger partial charge >= 0.3 is 0 Å². The van der Waals surface area contributed by atoms with E-state index < -0.39 is 0 Å². The first-order valence-corrected chi connectivity index (χ1v) is 6.03. The molecule has 1 aromatic heterocycles. The SMILES string of the molecule is CC(C)(C)SCc1ncc(CCl)cn1. The van der Waals surface area contributed by atoms with Crippen LogP contribution in [0.2, 0.25) is 0 Å². The van der Waals surface area contributed by atoms with E-state index in [1.807, 2.05) is 11.8 Å². The first-order valence-electron chi connectivity index (χ1n) is 4.51. The molecule has 0 bridgehead atoms. The van der Waals surface area contributed by atoms with Gasteiger partial charge in [-0.1, -0.05) is 20.8 Å². The van der Waals surface area contributed by atoms with E-state index in [2.05, 4.69) is 30.7 Å². The Kier molecular flexibility index (Phi) is 4.20. The highest BCUT2D eigenvalue weighted by Crippen LogP contribution is 2.25. The standard InChI is InChI=1S/C10H15ClN2S/c1-10(2,3)14-7-9-12-5-8(4-11)6-13-9/h5-6H,4,7H2,1-3H3. The van der Waals surface area contributed by atoms with Gasteiger partial charge in [0, 0.05) is 22.7 Å². The molecule has 1 aromatic rings. The van der Waals surface area contributed by atoms with Crippen LogP contribution in [0.15, 0.2) is 12.4 Å². The molecule has 0 saturated carbocycles. The molecule has 0 aromatic carbocycles. The number of hydrogen-bond donors (Lipinski definition) is 0. The Morgan fingerprint density at radius 2 is 1.86 bits per heavy atom. The Morgan fingerprint density at radius 3 is 2.29 bits per heavy atom. The molecule has 1 heterocycles. The van der Waals surface area contributed by atoms with Gasteiger partial charge in [-0.05, 0) is 0 Å². The lowest BCUT2D eigenvalue weighted by molar-refractivity contribution is 0.800. The van der Waals surface area contributed by atoms with Crippen molar-refractivity contribution in [3.05, 3.63) is 23.8 Å². The molecular formula is C10H15ClN2S. The van der Waals surface area contributed by atoms with E-state index in [0.717, 1.165) is 17.1 Å². The summed E-state index contributed by atoms with van der Waals surface area (Å²) < 4.78 is 0.258. The highest BCUT2D eigenvalue weighted by Gasteiger charge is 2.11. The Bertz CT molecular complexity index is 279. The van der Waals surface area contributed by atoms with E-state index in [4.69, 9.17) is 11.6 Å². The van der Waals surface area contributed by atoms with Gasteiger partial charge in [-0.2, -0.15) is 0 Å². The Balaban J connectivity index is 2.52. The fraction of sp³-hybridized carbons (Fsp3) is 0.600. The first kappa shape index (κ1) is 11.8. The largest absolute Gasteiger partial charge is 0.240 e. The summed E-state index contributed by atoms with van der Waals surface area (Å²) in [5, 5.41) is 0. The molecule has 0 aliphatic carbocycles. The Labute approximate surface area is 94.5 Å². The normalized spacial score (nSPS) is 11.7. The van der Waals surface area contributed by atoms with Crippen LogP contribution >= 0.6 is 23.4 Å². The van der Waals surface area contributed by atoms with Crippen molar-refractivity contribution in [1.82, 2.24) is 9.97 Å². The minimum absolute atomic E-state index is 0.258. The molecule has 0 spiro atoms. The number of thioether (sulfide) groups is 1. The second-order valence-electron chi connectivity index (χ2n) is 4.04. The zero-order valence-corrected chi connectivity index (χ0v) is 10.3. The molecule has 4 heteroatoms. The van der Waals surface area contributed by atoms with E-state index in [-0.39, 0.29) is 4.75 Å². The first-order chi connectivity index (χ1) is 6.51. The van der Waals surface area contributed by atoms with Crippen molar-refractivity contribution in [1.29, 1.82) is 0 Å². The second-order valence-corrected chi connectivity index (χ2v) is 6.11. The van der Waals surface area contributed by atoms with Crippen LogP contribution < -0.4 is 0 Å². The van der Waals surface area contributed by atoms with Crippen LogP contribution in [0, 0.1) is 0 Å². The number of hydrogen-bond acceptors (Lipinski definition) is 3. The van der Waals surface area contributed by atoms with E-state index in [1.54, 1.807) is 12.4 Å². The van der Waals surface area contributed by atoms with Crippen LogP contribution in [0.3, 0.4) is 0 Å². The third kappa shape index (κ3) is 4.29. The van der Waals surface area contributed by atoms with Crippen molar-refractivity contribution in [2.24, 2.45) is 0 Å². The van der Waals surface area contributed by atoms with Gasteiger partial charge in [-0.25, -0.2) is 9.97 Å². The fourth-order valence-electron chi connectivity index (χ4n) is 0.806. The van der Waals surface area contributed by atoms with Crippen molar-refractivity contribution in [2.45, 2.75) is 37.2 Å². The molecule has 0 atom stereocenters. The maximum absolute atomic E-state index is 5.64. The predicted molar refractivity (Wildman–Crippen MR) is 62.6 cm³/mol. The quantitative estimate of drug-likeness (QED) is 0.746. The minimum Gasteiger partial charge on any atom is -0.240 e. The van der Waals surface area contributed by atoms with E-state index in [0.29, 0.717) is 5.88 Å². The van der Waals surface area contributed by atoms with Gasteiger partial charge in [0.15, 0.2) is 0 Å². The van der Waals surface area contributed by atoms with Gasteiger partial charge < -0.3 is 0 Å². The summed E-state index contributed by atoms with van der Waals surface area (Å²) in [4.78, 5) is 8.47. The summed E-state index contributed by atoms with van der Waals surface area (Å²) in [5.74, 6) is 2.21. The number of rotatable bonds is 3. The maximum Gasteiger partial charge on any atom is 0.138 e. The summed E-state index contributed by atoms with van der Waals surface area (Å²) >= 11 is 7.49. The van der Waals surface area contributed by atoms with Gasteiger partial charge in [0.1, 0.15) is 5.82 Å². The third-order valence-electron chi connectivity index (χ3n) is 1.55. The molecular weight excluding hydrogens is 216 g/mol. The van der Waals surface area contributed by atoms with Crippen molar-refractivity contribution < 1.29 is 0 Å². The van der Waals surface area contributed by atoms with Gasteiger partial charge in [0.05, 0.1) is 11.6 Å². The van der Waals surface area contributed by atoms with Crippen LogP contribution in [0.5, 0.6) is 0 Å². The lowest BCUT2D eigenvalue weighted by atomic mass is 10.3. The number of alkyl halides is 1. The molecule has 0 radical (unpaired) electrons. The van der Waals surface area contributed by atoms with Crippen LogP contribution in [0.4, 0.5) is 0 Å². The van der Waals surface area contributed by atoms with Crippen LogP contribution in [0.25, 0.3) is 0 Å². The predicted octanol–water partition coefficient (Wildman–Crippen LogP) is 3.25. The minimum atomic E-state index is 0.258. The molecule has 0 saturated heterocycles. The molecule has 2 nitrogen and oxygen atoms in total. The van der Waals surface area contributed by atoms with Crippen molar-refractivity contribution in [2.75, 3.05) is 0 Å². The molecule has 0 amide bonds. The zero-order chi connectivity index (χ0) is 10.6. The Morgan fingerprint density at radius 1 is 1.29 bits per heavy atom. The zero-order valence-electron chi connectivity index (χ0n) is 8.75. The van der Waals surface area contributed by atoms with Crippen molar-refractivity contribution in [3.63, 3.8) is 0 Å². The Hall–Kier alpha value is -0.280. The summed E-state index contributed by atoms with van der Waals surface area (Å²) in [6.45, 7) is 6.56. The molecule has 0 fully saturated rings. The topological polar surface area (TPSA) is 25.8 Å². The average Bonchev–Trinajstić information content (AvgIpc) is 2.14.